The van der Waals surface area contributed by atoms with Crippen molar-refractivity contribution in [2.24, 2.45) is 0 Å². The number of nitrogens with zero attached hydrogens (tertiary/aromatic N) is 2. The minimum atomic E-state index is -4.58. The van der Waals surface area contributed by atoms with Crippen LogP contribution in [0.1, 0.15) is 24.5 Å². The predicted octanol–water partition coefficient (Wildman–Crippen LogP) is 3.99. The van der Waals surface area contributed by atoms with E-state index in [0.29, 0.717) is 19.0 Å². The van der Waals surface area contributed by atoms with Crippen LogP contribution < -0.4 is 0 Å². The van der Waals surface area contributed by atoms with Crippen molar-refractivity contribution in [3.8, 4) is 0 Å². The highest BCUT2D eigenvalue weighted by atomic mass is 32.2. The summed E-state index contributed by atoms with van der Waals surface area (Å²) in [5.74, 6) is 0. The first-order valence-corrected chi connectivity index (χ1v) is 10.6. The normalized spacial score (nSPS) is 18.7. The van der Waals surface area contributed by atoms with Crippen LogP contribution in [0.15, 0.2) is 59.5 Å². The lowest BCUT2D eigenvalue weighted by molar-refractivity contribution is -0.137. The molecule has 0 aromatic heterocycles. The van der Waals surface area contributed by atoms with Crippen LogP contribution >= 0.6 is 0 Å². The third-order valence-corrected chi connectivity index (χ3v) is 7.01. The number of benzene rings is 2. The number of halogens is 3. The molecule has 0 saturated carbocycles. The van der Waals surface area contributed by atoms with Gasteiger partial charge in [0.05, 0.1) is 10.5 Å². The average molecular weight is 412 g/mol. The first-order chi connectivity index (χ1) is 13.2. The first kappa shape index (κ1) is 20.8. The minimum Gasteiger partial charge on any atom is -0.297 e. The Morgan fingerprint density at radius 2 is 1.82 bits per heavy atom. The van der Waals surface area contributed by atoms with Crippen molar-refractivity contribution in [1.29, 1.82) is 0 Å². The lowest BCUT2D eigenvalue weighted by Crippen LogP contribution is -2.41. The molecular weight excluding hydrogens is 389 g/mol. The monoisotopic (exact) mass is 412 g/mol. The van der Waals surface area contributed by atoms with E-state index in [4.69, 9.17) is 0 Å². The maximum absolute atomic E-state index is 13.0. The zero-order chi connectivity index (χ0) is 20.4. The Balaban J connectivity index is 1.77. The third kappa shape index (κ3) is 4.56. The fourth-order valence-corrected chi connectivity index (χ4v) is 5.33. The standard InChI is InChI=1S/C20H23F3N2O2S/c1-2-25(18-11-12-24(15-18)14-16-7-4-3-5-8-16)28(26,27)19-10-6-9-17(13-19)20(21,22)23/h3-10,13,18H,2,11-12,14-15H2,1H3. The third-order valence-electron chi connectivity index (χ3n) is 4.98. The van der Waals surface area contributed by atoms with Crippen LogP contribution in [-0.4, -0.2) is 43.3 Å². The number of sulfonamides is 1. The van der Waals surface area contributed by atoms with Gasteiger partial charge in [-0.05, 0) is 30.2 Å². The van der Waals surface area contributed by atoms with Gasteiger partial charge >= 0.3 is 6.18 Å². The minimum absolute atomic E-state index is 0.211. The summed E-state index contributed by atoms with van der Waals surface area (Å²) in [4.78, 5) is 1.86. The van der Waals surface area contributed by atoms with Gasteiger partial charge in [0.2, 0.25) is 10.0 Å². The van der Waals surface area contributed by atoms with E-state index in [1.807, 2.05) is 30.3 Å². The van der Waals surface area contributed by atoms with Crippen molar-refractivity contribution in [1.82, 2.24) is 9.21 Å². The van der Waals surface area contributed by atoms with Gasteiger partial charge in [0.1, 0.15) is 0 Å². The Labute approximate surface area is 163 Å². The molecule has 2 aromatic carbocycles. The van der Waals surface area contributed by atoms with Gasteiger partial charge in [0, 0.05) is 32.2 Å². The van der Waals surface area contributed by atoms with Gasteiger partial charge in [0.15, 0.2) is 0 Å². The van der Waals surface area contributed by atoms with E-state index in [2.05, 4.69) is 4.90 Å². The molecule has 1 aliphatic heterocycles. The summed E-state index contributed by atoms with van der Waals surface area (Å²) in [6, 6.07) is 13.6. The van der Waals surface area contributed by atoms with Gasteiger partial charge in [-0.1, -0.05) is 43.3 Å². The molecule has 152 valence electrons. The van der Waals surface area contributed by atoms with Crippen LogP contribution in [0.4, 0.5) is 13.2 Å². The van der Waals surface area contributed by atoms with Gasteiger partial charge in [-0.2, -0.15) is 17.5 Å². The van der Waals surface area contributed by atoms with Gasteiger partial charge in [-0.15, -0.1) is 0 Å². The van der Waals surface area contributed by atoms with Crippen molar-refractivity contribution in [2.75, 3.05) is 19.6 Å². The molecule has 1 atom stereocenters. The molecule has 1 saturated heterocycles. The van der Waals surface area contributed by atoms with E-state index in [-0.39, 0.29) is 17.5 Å². The average Bonchev–Trinajstić information content (AvgIpc) is 3.10. The van der Waals surface area contributed by atoms with Gasteiger partial charge in [0.25, 0.3) is 0 Å². The van der Waals surface area contributed by atoms with E-state index in [1.165, 1.54) is 10.4 Å². The van der Waals surface area contributed by atoms with Crippen LogP contribution in [0.25, 0.3) is 0 Å². The Morgan fingerprint density at radius 1 is 1.11 bits per heavy atom. The van der Waals surface area contributed by atoms with Gasteiger partial charge in [-0.25, -0.2) is 8.42 Å². The molecule has 1 fully saturated rings. The summed E-state index contributed by atoms with van der Waals surface area (Å²) in [5, 5.41) is 0. The highest BCUT2D eigenvalue weighted by Crippen LogP contribution is 2.32. The van der Waals surface area contributed by atoms with Crippen LogP contribution in [0.5, 0.6) is 0 Å². The number of likely N-dealkylation sites (tertiary alicyclic amines) is 1. The van der Waals surface area contributed by atoms with Gasteiger partial charge in [-0.3, -0.25) is 4.90 Å². The molecule has 0 spiro atoms. The van der Waals surface area contributed by atoms with Crippen molar-refractivity contribution in [2.45, 2.75) is 37.0 Å². The second-order valence-corrected chi connectivity index (χ2v) is 8.79. The molecule has 1 aliphatic rings. The summed E-state index contributed by atoms with van der Waals surface area (Å²) >= 11 is 0. The van der Waals surface area contributed by atoms with E-state index in [9.17, 15) is 21.6 Å². The van der Waals surface area contributed by atoms with Crippen molar-refractivity contribution in [3.05, 3.63) is 65.7 Å². The van der Waals surface area contributed by atoms with E-state index >= 15 is 0 Å². The van der Waals surface area contributed by atoms with Crippen LogP contribution in [0.3, 0.4) is 0 Å². The molecule has 4 nitrogen and oxygen atoms in total. The van der Waals surface area contributed by atoms with Crippen LogP contribution in [0, 0.1) is 0 Å². The second kappa shape index (κ2) is 8.23. The van der Waals surface area contributed by atoms with Crippen LogP contribution in [-0.2, 0) is 22.7 Å². The fourth-order valence-electron chi connectivity index (χ4n) is 3.63. The topological polar surface area (TPSA) is 40.6 Å². The molecule has 0 aliphatic carbocycles. The lowest BCUT2D eigenvalue weighted by Gasteiger charge is -2.27. The van der Waals surface area contributed by atoms with Crippen LogP contribution in [0.2, 0.25) is 0 Å². The highest BCUT2D eigenvalue weighted by molar-refractivity contribution is 7.89. The maximum atomic E-state index is 13.0. The fraction of sp³-hybridized carbons (Fsp3) is 0.400. The molecule has 8 heteroatoms. The maximum Gasteiger partial charge on any atom is 0.416 e. The number of rotatable bonds is 6. The molecular formula is C20H23F3N2O2S. The molecule has 1 heterocycles. The van der Waals surface area contributed by atoms with E-state index in [1.54, 1.807) is 6.92 Å². The smallest absolute Gasteiger partial charge is 0.297 e. The molecule has 0 N–H and O–H groups in total. The molecule has 28 heavy (non-hydrogen) atoms. The molecule has 0 radical (unpaired) electrons. The largest absolute Gasteiger partial charge is 0.416 e. The number of hydrogen-bond donors (Lipinski definition) is 0. The number of likely N-dealkylation sites (N-methyl/N-ethyl adjacent to an activating group) is 1. The summed E-state index contributed by atoms with van der Waals surface area (Å²) < 4.78 is 66.3. The van der Waals surface area contributed by atoms with E-state index < -0.39 is 21.8 Å². The SMILES string of the molecule is CCN(C1CCN(Cc2ccccc2)C1)S(=O)(=O)c1cccc(C(F)(F)F)c1. The number of hydrogen-bond acceptors (Lipinski definition) is 3. The van der Waals surface area contributed by atoms with Crippen molar-refractivity contribution >= 4 is 10.0 Å². The molecule has 1 unspecified atom stereocenters. The molecule has 3 rings (SSSR count). The Hall–Kier alpha value is -1.90. The Morgan fingerprint density at radius 3 is 2.46 bits per heavy atom. The molecule has 0 bridgehead atoms. The quantitative estimate of drug-likeness (QED) is 0.720. The Kier molecular flexibility index (Phi) is 6.12. The predicted molar refractivity (Wildman–Crippen MR) is 101 cm³/mol. The van der Waals surface area contributed by atoms with E-state index in [0.717, 1.165) is 30.8 Å². The zero-order valence-electron chi connectivity index (χ0n) is 15.6. The summed E-state index contributed by atoms with van der Waals surface area (Å²) in [7, 11) is -4.01. The number of alkyl halides is 3. The Bertz CT molecular complexity index is 901. The summed E-state index contributed by atoms with van der Waals surface area (Å²) in [6.45, 7) is 3.95. The molecule has 2 aromatic rings. The van der Waals surface area contributed by atoms with Crippen molar-refractivity contribution in [3.63, 3.8) is 0 Å². The first-order valence-electron chi connectivity index (χ1n) is 9.17. The highest BCUT2D eigenvalue weighted by Gasteiger charge is 2.37. The van der Waals surface area contributed by atoms with Crippen molar-refractivity contribution < 1.29 is 21.6 Å². The second-order valence-electron chi connectivity index (χ2n) is 6.90. The summed E-state index contributed by atoms with van der Waals surface area (Å²) in [6.07, 6.45) is -3.93. The molecule has 0 amide bonds. The lowest BCUT2D eigenvalue weighted by atomic mass is 10.2. The van der Waals surface area contributed by atoms with Gasteiger partial charge < -0.3 is 0 Å². The summed E-state index contributed by atoms with van der Waals surface area (Å²) in [5.41, 5.74) is 0.189. The zero-order valence-corrected chi connectivity index (χ0v) is 16.4.